The Morgan fingerprint density at radius 1 is 1.35 bits per heavy atom. The first-order chi connectivity index (χ1) is 8.34. The van der Waals surface area contributed by atoms with Crippen LogP contribution in [0, 0.1) is 3.57 Å². The molecule has 0 spiro atoms. The van der Waals surface area contributed by atoms with Gasteiger partial charge in [-0.1, -0.05) is 24.3 Å². The number of hydrogen-bond acceptors (Lipinski definition) is 3. The summed E-state index contributed by atoms with van der Waals surface area (Å²) >= 11 is 2.25. The molecule has 86 valence electrons. The van der Waals surface area contributed by atoms with Gasteiger partial charge in [-0.25, -0.2) is 9.97 Å². The first kappa shape index (κ1) is 11.0. The highest BCUT2D eigenvalue weighted by Gasteiger charge is 2.25. The second-order valence-corrected chi connectivity index (χ2v) is 5.36. The maximum Gasteiger partial charge on any atom is 0.142 e. The number of nitrogens with zero attached hydrogens (tertiary/aromatic N) is 2. The van der Waals surface area contributed by atoms with Crippen molar-refractivity contribution in [3.8, 4) is 0 Å². The van der Waals surface area contributed by atoms with E-state index in [2.05, 4.69) is 62.1 Å². The van der Waals surface area contributed by atoms with E-state index >= 15 is 0 Å². The van der Waals surface area contributed by atoms with Crippen molar-refractivity contribution in [2.45, 2.75) is 12.3 Å². The zero-order valence-corrected chi connectivity index (χ0v) is 11.4. The van der Waals surface area contributed by atoms with Gasteiger partial charge < -0.3 is 5.32 Å². The van der Waals surface area contributed by atoms with Crippen molar-refractivity contribution in [1.29, 1.82) is 0 Å². The second-order valence-electron chi connectivity index (χ2n) is 4.20. The molecule has 1 aromatic heterocycles. The molecule has 0 radical (unpaired) electrons. The molecule has 3 rings (SSSR count). The zero-order chi connectivity index (χ0) is 11.7. The van der Waals surface area contributed by atoms with Crippen LogP contribution in [0.15, 0.2) is 36.8 Å². The average molecular weight is 337 g/mol. The Balaban J connectivity index is 1.66. The fraction of sp³-hybridized carbons (Fsp3) is 0.231. The molecule has 0 bridgehead atoms. The molecule has 0 aliphatic heterocycles. The van der Waals surface area contributed by atoms with E-state index < -0.39 is 0 Å². The van der Waals surface area contributed by atoms with Crippen LogP contribution in [0.1, 0.15) is 17.0 Å². The summed E-state index contributed by atoms with van der Waals surface area (Å²) in [5, 5.41) is 3.40. The van der Waals surface area contributed by atoms with E-state index in [1.54, 1.807) is 6.33 Å². The van der Waals surface area contributed by atoms with Gasteiger partial charge in [0.25, 0.3) is 0 Å². The third-order valence-corrected chi connectivity index (χ3v) is 3.93. The Kier molecular flexibility index (Phi) is 2.96. The van der Waals surface area contributed by atoms with Crippen molar-refractivity contribution in [3.63, 3.8) is 0 Å². The highest BCUT2D eigenvalue weighted by Crippen LogP contribution is 2.34. The Bertz CT molecular complexity index is 542. The SMILES string of the molecule is Ic1cncnc1NCC1Cc2ccccc21. The fourth-order valence-electron chi connectivity index (χ4n) is 2.21. The van der Waals surface area contributed by atoms with Gasteiger partial charge in [0.15, 0.2) is 0 Å². The normalized spacial score (nSPS) is 17.1. The molecule has 1 heterocycles. The summed E-state index contributed by atoms with van der Waals surface area (Å²) in [7, 11) is 0. The number of fused-ring (bicyclic) bond motifs is 1. The molecular weight excluding hydrogens is 325 g/mol. The van der Waals surface area contributed by atoms with Crippen LogP contribution in [0.4, 0.5) is 5.82 Å². The summed E-state index contributed by atoms with van der Waals surface area (Å²) in [6.45, 7) is 0.948. The minimum Gasteiger partial charge on any atom is -0.368 e. The number of anilines is 1. The largest absolute Gasteiger partial charge is 0.368 e. The van der Waals surface area contributed by atoms with Gasteiger partial charge in [-0.3, -0.25) is 0 Å². The molecule has 1 aliphatic rings. The third-order valence-electron chi connectivity index (χ3n) is 3.14. The van der Waals surface area contributed by atoms with Gasteiger partial charge in [0.2, 0.25) is 0 Å². The monoisotopic (exact) mass is 337 g/mol. The Labute approximate surface area is 114 Å². The van der Waals surface area contributed by atoms with Crippen LogP contribution >= 0.6 is 22.6 Å². The molecule has 0 saturated heterocycles. The minimum atomic E-state index is 0.622. The highest BCUT2D eigenvalue weighted by molar-refractivity contribution is 14.1. The molecule has 1 atom stereocenters. The van der Waals surface area contributed by atoms with E-state index in [4.69, 9.17) is 0 Å². The zero-order valence-electron chi connectivity index (χ0n) is 9.23. The van der Waals surface area contributed by atoms with E-state index in [9.17, 15) is 0 Å². The first-order valence-corrected chi connectivity index (χ1v) is 6.69. The van der Waals surface area contributed by atoms with E-state index in [1.165, 1.54) is 17.5 Å². The maximum absolute atomic E-state index is 4.23. The number of benzene rings is 1. The molecule has 0 fully saturated rings. The lowest BCUT2D eigenvalue weighted by atomic mass is 9.78. The Morgan fingerprint density at radius 3 is 3.06 bits per heavy atom. The number of rotatable bonds is 3. The Hall–Kier alpha value is -1.17. The average Bonchev–Trinajstić information content (AvgIpc) is 2.32. The van der Waals surface area contributed by atoms with Gasteiger partial charge in [-0.05, 0) is 40.1 Å². The van der Waals surface area contributed by atoms with Crippen molar-refractivity contribution in [3.05, 3.63) is 51.5 Å². The predicted octanol–water partition coefficient (Wildman–Crippen LogP) is 2.83. The van der Waals surface area contributed by atoms with E-state index in [0.717, 1.165) is 15.9 Å². The van der Waals surface area contributed by atoms with Gasteiger partial charge in [0.1, 0.15) is 12.1 Å². The fourth-order valence-corrected chi connectivity index (χ4v) is 2.70. The van der Waals surface area contributed by atoms with Gasteiger partial charge in [0, 0.05) is 18.7 Å². The van der Waals surface area contributed by atoms with Crippen molar-refractivity contribution in [2.75, 3.05) is 11.9 Å². The smallest absolute Gasteiger partial charge is 0.142 e. The molecule has 1 aliphatic carbocycles. The van der Waals surface area contributed by atoms with Gasteiger partial charge in [-0.2, -0.15) is 0 Å². The van der Waals surface area contributed by atoms with E-state index in [-0.39, 0.29) is 0 Å². The van der Waals surface area contributed by atoms with Crippen molar-refractivity contribution < 1.29 is 0 Å². The van der Waals surface area contributed by atoms with Crippen molar-refractivity contribution >= 4 is 28.4 Å². The number of aromatic nitrogens is 2. The summed E-state index contributed by atoms with van der Waals surface area (Å²) in [5.74, 6) is 1.56. The lowest BCUT2D eigenvalue weighted by molar-refractivity contribution is 0.634. The van der Waals surface area contributed by atoms with Crippen LogP contribution in [0.3, 0.4) is 0 Å². The van der Waals surface area contributed by atoms with Crippen LogP contribution < -0.4 is 5.32 Å². The highest BCUT2D eigenvalue weighted by atomic mass is 127. The number of halogens is 1. The lowest BCUT2D eigenvalue weighted by Gasteiger charge is -2.30. The van der Waals surface area contributed by atoms with Crippen LogP contribution in [0.25, 0.3) is 0 Å². The van der Waals surface area contributed by atoms with Gasteiger partial charge >= 0.3 is 0 Å². The Morgan fingerprint density at radius 2 is 2.24 bits per heavy atom. The molecule has 17 heavy (non-hydrogen) atoms. The minimum absolute atomic E-state index is 0.622. The lowest BCUT2D eigenvalue weighted by Crippen LogP contribution is -2.24. The van der Waals surface area contributed by atoms with Crippen LogP contribution in [-0.4, -0.2) is 16.5 Å². The predicted molar refractivity (Wildman–Crippen MR) is 76.1 cm³/mol. The van der Waals surface area contributed by atoms with Crippen molar-refractivity contribution in [1.82, 2.24) is 9.97 Å². The summed E-state index contributed by atoms with van der Waals surface area (Å²) in [6.07, 6.45) is 4.58. The second kappa shape index (κ2) is 4.60. The van der Waals surface area contributed by atoms with Crippen molar-refractivity contribution in [2.24, 2.45) is 0 Å². The van der Waals surface area contributed by atoms with Crippen LogP contribution in [0.2, 0.25) is 0 Å². The first-order valence-electron chi connectivity index (χ1n) is 5.62. The summed E-state index contributed by atoms with van der Waals surface area (Å²) in [4.78, 5) is 8.22. The molecule has 4 heteroatoms. The van der Waals surface area contributed by atoms with Gasteiger partial charge in [-0.15, -0.1) is 0 Å². The van der Waals surface area contributed by atoms with Crippen LogP contribution in [0.5, 0.6) is 0 Å². The summed E-state index contributed by atoms with van der Waals surface area (Å²) in [5.41, 5.74) is 2.96. The summed E-state index contributed by atoms with van der Waals surface area (Å²) < 4.78 is 1.07. The molecular formula is C13H12IN3. The topological polar surface area (TPSA) is 37.8 Å². The molecule has 1 N–H and O–H groups in total. The van der Waals surface area contributed by atoms with E-state index in [0.29, 0.717) is 5.92 Å². The third kappa shape index (κ3) is 2.13. The molecule has 1 unspecified atom stereocenters. The molecule has 0 amide bonds. The summed E-state index contributed by atoms with van der Waals surface area (Å²) in [6, 6.07) is 8.64. The number of nitrogens with one attached hydrogen (secondary N) is 1. The number of hydrogen-bond donors (Lipinski definition) is 1. The molecule has 0 saturated carbocycles. The molecule has 2 aromatic rings. The molecule has 1 aromatic carbocycles. The maximum atomic E-state index is 4.23. The quantitative estimate of drug-likeness (QED) is 0.876. The van der Waals surface area contributed by atoms with E-state index in [1.807, 2.05) is 6.20 Å². The standard InChI is InChI=1S/C13H12IN3/c14-12-7-15-8-17-13(12)16-6-10-5-9-3-1-2-4-11(9)10/h1-4,7-8,10H,5-6H2,(H,15,16,17). The molecule has 3 nitrogen and oxygen atoms in total. The van der Waals surface area contributed by atoms with Gasteiger partial charge in [0.05, 0.1) is 3.57 Å². The van der Waals surface area contributed by atoms with Crippen LogP contribution in [-0.2, 0) is 6.42 Å².